The Hall–Kier alpha value is -2.09. The van der Waals surface area contributed by atoms with Crippen LogP contribution in [-0.4, -0.2) is 24.9 Å². The van der Waals surface area contributed by atoms with Gasteiger partial charge in [0.2, 0.25) is 5.91 Å². The van der Waals surface area contributed by atoms with Crippen LogP contribution in [0.15, 0.2) is 18.2 Å². The number of primary amides is 1. The monoisotopic (exact) mass is 400 g/mol. The number of amides is 2. The van der Waals surface area contributed by atoms with Gasteiger partial charge >= 0.3 is 5.97 Å². The van der Waals surface area contributed by atoms with E-state index in [9.17, 15) is 14.4 Å². The Morgan fingerprint density at radius 2 is 1.96 bits per heavy atom. The second-order valence-electron chi connectivity index (χ2n) is 5.08. The van der Waals surface area contributed by atoms with E-state index in [0.29, 0.717) is 21.2 Å². The highest BCUT2D eigenvalue weighted by atomic mass is 35.5. The first-order valence-corrected chi connectivity index (χ1v) is 8.57. The Kier molecular flexibility index (Phi) is 6.05. The summed E-state index contributed by atoms with van der Waals surface area (Å²) in [4.78, 5) is 35.9. The molecule has 9 heteroatoms. The number of anilines is 1. The minimum absolute atomic E-state index is 0.0283. The van der Waals surface area contributed by atoms with Gasteiger partial charge in [0.1, 0.15) is 5.00 Å². The molecule has 1 heterocycles. The molecule has 0 spiro atoms. The number of nitrogens with two attached hydrogens (primary N) is 1. The van der Waals surface area contributed by atoms with E-state index >= 15 is 0 Å². The van der Waals surface area contributed by atoms with Gasteiger partial charge in [0.05, 0.1) is 24.0 Å². The molecule has 132 valence electrons. The van der Waals surface area contributed by atoms with Crippen LogP contribution in [0.1, 0.15) is 31.2 Å². The Morgan fingerprint density at radius 1 is 1.28 bits per heavy atom. The van der Waals surface area contributed by atoms with Crippen LogP contribution in [0, 0.1) is 6.92 Å². The van der Waals surface area contributed by atoms with E-state index in [1.165, 1.54) is 13.2 Å². The summed E-state index contributed by atoms with van der Waals surface area (Å²) in [6.07, 6.45) is -0.0283. The van der Waals surface area contributed by atoms with Gasteiger partial charge in [0.25, 0.3) is 5.91 Å². The molecule has 0 aliphatic rings. The molecule has 2 rings (SSSR count). The summed E-state index contributed by atoms with van der Waals surface area (Å²) < 4.78 is 4.71. The maximum absolute atomic E-state index is 12.3. The first-order valence-electron chi connectivity index (χ1n) is 6.99. The lowest BCUT2D eigenvalue weighted by molar-refractivity contribution is -0.115. The fourth-order valence-electron chi connectivity index (χ4n) is 2.19. The van der Waals surface area contributed by atoms with Gasteiger partial charge in [-0.05, 0) is 30.2 Å². The Labute approximate surface area is 157 Å². The number of hydrogen-bond donors (Lipinski definition) is 2. The maximum atomic E-state index is 12.3. The molecule has 2 aromatic rings. The molecule has 0 unspecified atom stereocenters. The minimum Gasteiger partial charge on any atom is -0.465 e. The summed E-state index contributed by atoms with van der Waals surface area (Å²) in [5.74, 6) is -1.76. The molecule has 6 nitrogen and oxygen atoms in total. The number of methoxy groups -OCH3 is 1. The van der Waals surface area contributed by atoms with Gasteiger partial charge in [-0.3, -0.25) is 9.59 Å². The molecule has 0 aliphatic heterocycles. The van der Waals surface area contributed by atoms with Crippen LogP contribution in [0.2, 0.25) is 10.0 Å². The van der Waals surface area contributed by atoms with Crippen LogP contribution in [0.25, 0.3) is 0 Å². The molecule has 3 N–H and O–H groups in total. The molecule has 1 aromatic carbocycles. The molecule has 0 bridgehead atoms. The fourth-order valence-corrected chi connectivity index (χ4v) is 3.73. The van der Waals surface area contributed by atoms with Gasteiger partial charge in [-0.15, -0.1) is 11.3 Å². The van der Waals surface area contributed by atoms with Crippen molar-refractivity contribution < 1.29 is 19.1 Å². The highest BCUT2D eigenvalue weighted by Crippen LogP contribution is 2.33. The van der Waals surface area contributed by atoms with Crippen molar-refractivity contribution in [1.82, 2.24) is 0 Å². The van der Waals surface area contributed by atoms with E-state index in [1.807, 2.05) is 0 Å². The lowest BCUT2D eigenvalue weighted by Crippen LogP contribution is -2.16. The predicted molar refractivity (Wildman–Crippen MR) is 97.7 cm³/mol. The standard InChI is InChI=1S/C16H14Cl2N2O4S/c1-7-12(16(23)24-2)15(25-13(7)14(19)22)20-11(21)5-8-3-4-9(17)6-10(8)18/h3-4,6H,5H2,1-2H3,(H2,19,22)(H,20,21). The molecule has 0 saturated carbocycles. The number of nitrogens with one attached hydrogen (secondary N) is 1. The van der Waals surface area contributed by atoms with Gasteiger partial charge in [0, 0.05) is 10.0 Å². The Balaban J connectivity index is 2.29. The number of rotatable bonds is 5. The minimum atomic E-state index is -0.686. The zero-order valence-electron chi connectivity index (χ0n) is 13.3. The largest absolute Gasteiger partial charge is 0.465 e. The average molecular weight is 401 g/mol. The van der Waals surface area contributed by atoms with Crippen LogP contribution >= 0.6 is 34.5 Å². The Morgan fingerprint density at radius 3 is 2.52 bits per heavy atom. The first kappa shape index (κ1) is 19.2. The molecule has 0 aliphatic carbocycles. The molecule has 25 heavy (non-hydrogen) atoms. The second kappa shape index (κ2) is 7.86. The number of ether oxygens (including phenoxy) is 1. The third-order valence-corrected chi connectivity index (χ3v) is 5.19. The topological polar surface area (TPSA) is 98.5 Å². The zero-order valence-corrected chi connectivity index (χ0v) is 15.6. The van der Waals surface area contributed by atoms with Crippen LogP contribution in [0.5, 0.6) is 0 Å². The van der Waals surface area contributed by atoms with Gasteiger partial charge in [0.15, 0.2) is 0 Å². The van der Waals surface area contributed by atoms with Crippen molar-refractivity contribution in [2.75, 3.05) is 12.4 Å². The van der Waals surface area contributed by atoms with Crippen molar-refractivity contribution >= 4 is 57.3 Å². The summed E-state index contributed by atoms with van der Waals surface area (Å²) in [6, 6.07) is 4.79. The van der Waals surface area contributed by atoms with Crippen molar-refractivity contribution in [3.8, 4) is 0 Å². The second-order valence-corrected chi connectivity index (χ2v) is 6.94. The van der Waals surface area contributed by atoms with Crippen LogP contribution < -0.4 is 11.1 Å². The number of thiophene rings is 1. The van der Waals surface area contributed by atoms with Gasteiger partial charge in [-0.2, -0.15) is 0 Å². The number of esters is 1. The zero-order chi connectivity index (χ0) is 18.7. The van der Waals surface area contributed by atoms with Crippen LogP contribution in [-0.2, 0) is 16.0 Å². The van der Waals surface area contributed by atoms with Crippen LogP contribution in [0.4, 0.5) is 5.00 Å². The highest BCUT2D eigenvalue weighted by Gasteiger charge is 2.25. The lowest BCUT2D eigenvalue weighted by atomic mass is 10.1. The average Bonchev–Trinajstić information content (AvgIpc) is 2.86. The molecular weight excluding hydrogens is 387 g/mol. The van der Waals surface area contributed by atoms with E-state index in [4.69, 9.17) is 33.7 Å². The molecule has 2 amide bonds. The highest BCUT2D eigenvalue weighted by molar-refractivity contribution is 7.18. The molecule has 1 aromatic heterocycles. The summed E-state index contributed by atoms with van der Waals surface area (Å²) in [5, 5.41) is 3.63. The van der Waals surface area contributed by atoms with Crippen molar-refractivity contribution in [3.05, 3.63) is 49.8 Å². The molecular formula is C16H14Cl2N2O4S. The third-order valence-electron chi connectivity index (χ3n) is 3.38. The van der Waals surface area contributed by atoms with Gasteiger partial charge < -0.3 is 15.8 Å². The summed E-state index contributed by atoms with van der Waals surface area (Å²) >= 11 is 12.8. The van der Waals surface area contributed by atoms with Crippen molar-refractivity contribution in [1.29, 1.82) is 0 Å². The van der Waals surface area contributed by atoms with Crippen molar-refractivity contribution in [2.24, 2.45) is 5.73 Å². The summed E-state index contributed by atoms with van der Waals surface area (Å²) in [5.41, 5.74) is 6.35. The number of carbonyl (C=O) groups excluding carboxylic acids is 3. The SMILES string of the molecule is COC(=O)c1c(NC(=O)Cc2ccc(Cl)cc2Cl)sc(C(N)=O)c1C. The number of hydrogen-bond acceptors (Lipinski definition) is 5. The van der Waals surface area contributed by atoms with E-state index in [-0.39, 0.29) is 21.9 Å². The van der Waals surface area contributed by atoms with E-state index in [2.05, 4.69) is 5.32 Å². The fraction of sp³-hybridized carbons (Fsp3) is 0.188. The quantitative estimate of drug-likeness (QED) is 0.750. The maximum Gasteiger partial charge on any atom is 0.341 e. The van der Waals surface area contributed by atoms with Crippen molar-refractivity contribution in [2.45, 2.75) is 13.3 Å². The number of carbonyl (C=O) groups is 3. The van der Waals surface area contributed by atoms with Gasteiger partial charge in [-0.1, -0.05) is 29.3 Å². The van der Waals surface area contributed by atoms with E-state index in [0.717, 1.165) is 11.3 Å². The molecule has 0 radical (unpaired) electrons. The number of benzene rings is 1. The molecule has 0 fully saturated rings. The third kappa shape index (κ3) is 4.31. The van der Waals surface area contributed by atoms with Crippen molar-refractivity contribution in [3.63, 3.8) is 0 Å². The van der Waals surface area contributed by atoms with Crippen LogP contribution in [0.3, 0.4) is 0 Å². The van der Waals surface area contributed by atoms with Gasteiger partial charge in [-0.25, -0.2) is 4.79 Å². The smallest absolute Gasteiger partial charge is 0.341 e. The summed E-state index contributed by atoms with van der Waals surface area (Å²) in [7, 11) is 1.21. The predicted octanol–water partition coefficient (Wildman–Crippen LogP) is 3.43. The molecule has 0 saturated heterocycles. The summed E-state index contributed by atoms with van der Waals surface area (Å²) in [6.45, 7) is 1.56. The molecule has 0 atom stereocenters. The van der Waals surface area contributed by atoms with E-state index < -0.39 is 17.8 Å². The van der Waals surface area contributed by atoms with E-state index in [1.54, 1.807) is 19.1 Å². The Bertz CT molecular complexity index is 864. The number of halogens is 2. The first-order chi connectivity index (χ1) is 11.7. The lowest BCUT2D eigenvalue weighted by Gasteiger charge is -2.07. The normalized spacial score (nSPS) is 10.4.